The number of carbonyl (C=O) groups is 2. The molecule has 26 heavy (non-hydrogen) atoms. The first kappa shape index (κ1) is 18.7. The van der Waals surface area contributed by atoms with E-state index >= 15 is 0 Å². The fourth-order valence-electron chi connectivity index (χ4n) is 4.00. The Kier molecular flexibility index (Phi) is 6.50. The molecule has 0 radical (unpaired) electrons. The lowest BCUT2D eigenvalue weighted by Gasteiger charge is -2.24. The molecular weight excluding hydrogens is 328 g/mol. The summed E-state index contributed by atoms with van der Waals surface area (Å²) in [5.41, 5.74) is 1.37. The lowest BCUT2D eigenvalue weighted by Crippen LogP contribution is -2.49. The van der Waals surface area contributed by atoms with Gasteiger partial charge in [0.25, 0.3) is 0 Å². The molecule has 6 heteroatoms. The number of hydrogen-bond donors (Lipinski definition) is 2. The molecular formula is C20H30N4O2. The van der Waals surface area contributed by atoms with Crippen LogP contribution in [0.5, 0.6) is 0 Å². The van der Waals surface area contributed by atoms with Crippen LogP contribution in [0.2, 0.25) is 0 Å². The fourth-order valence-corrected chi connectivity index (χ4v) is 4.00. The van der Waals surface area contributed by atoms with E-state index in [1.54, 1.807) is 11.9 Å². The van der Waals surface area contributed by atoms with E-state index in [1.165, 1.54) is 5.56 Å². The number of benzene rings is 1. The Hall–Kier alpha value is -2.08. The maximum absolute atomic E-state index is 12.4. The number of amides is 3. The first-order valence-corrected chi connectivity index (χ1v) is 9.69. The maximum atomic E-state index is 12.4. The van der Waals surface area contributed by atoms with Gasteiger partial charge in [0.2, 0.25) is 5.91 Å². The topological polar surface area (TPSA) is 64.7 Å². The summed E-state index contributed by atoms with van der Waals surface area (Å²) in [4.78, 5) is 28.5. The van der Waals surface area contributed by atoms with E-state index in [1.807, 2.05) is 6.07 Å². The van der Waals surface area contributed by atoms with Crippen molar-refractivity contribution in [3.8, 4) is 0 Å². The first-order valence-electron chi connectivity index (χ1n) is 9.69. The highest BCUT2D eigenvalue weighted by Crippen LogP contribution is 2.19. The Labute approximate surface area is 155 Å². The third-order valence-electron chi connectivity index (χ3n) is 5.53. The molecule has 1 aromatic rings. The third-order valence-corrected chi connectivity index (χ3v) is 5.53. The van der Waals surface area contributed by atoms with Gasteiger partial charge >= 0.3 is 6.03 Å². The molecule has 2 unspecified atom stereocenters. The highest BCUT2D eigenvalue weighted by molar-refractivity contribution is 5.87. The first-order chi connectivity index (χ1) is 12.7. The van der Waals surface area contributed by atoms with E-state index in [0.29, 0.717) is 19.0 Å². The van der Waals surface area contributed by atoms with Crippen molar-refractivity contribution in [2.75, 3.05) is 39.8 Å². The summed E-state index contributed by atoms with van der Waals surface area (Å²) in [6, 6.07) is 10.2. The number of carbonyl (C=O) groups excluding carboxylic acids is 2. The van der Waals surface area contributed by atoms with Gasteiger partial charge < -0.3 is 20.4 Å². The zero-order valence-electron chi connectivity index (χ0n) is 15.6. The van der Waals surface area contributed by atoms with Gasteiger partial charge in [0.05, 0.1) is 0 Å². The van der Waals surface area contributed by atoms with Crippen LogP contribution in [0, 0.1) is 5.92 Å². The lowest BCUT2D eigenvalue weighted by molar-refractivity contribution is -0.124. The summed E-state index contributed by atoms with van der Waals surface area (Å²) in [7, 11) is 1.62. The summed E-state index contributed by atoms with van der Waals surface area (Å²) >= 11 is 0. The smallest absolute Gasteiger partial charge is 0.318 e. The normalized spacial score (nSPS) is 23.2. The second kappa shape index (κ2) is 9.03. The number of urea groups is 1. The number of rotatable bonds is 6. The molecule has 0 aromatic heterocycles. The minimum atomic E-state index is -0.314. The average molecular weight is 358 g/mol. The van der Waals surface area contributed by atoms with Gasteiger partial charge in [-0.2, -0.15) is 0 Å². The van der Waals surface area contributed by atoms with E-state index in [4.69, 9.17) is 0 Å². The van der Waals surface area contributed by atoms with Crippen LogP contribution in [-0.4, -0.2) is 67.6 Å². The molecule has 0 aliphatic carbocycles. The van der Waals surface area contributed by atoms with Crippen molar-refractivity contribution in [3.63, 3.8) is 0 Å². The number of nitrogens with zero attached hydrogens (tertiary/aromatic N) is 2. The minimum Gasteiger partial charge on any atom is -0.357 e. The van der Waals surface area contributed by atoms with Crippen molar-refractivity contribution in [1.82, 2.24) is 20.4 Å². The van der Waals surface area contributed by atoms with Gasteiger partial charge in [-0.25, -0.2) is 4.79 Å². The fraction of sp³-hybridized carbons (Fsp3) is 0.600. The van der Waals surface area contributed by atoms with Crippen molar-refractivity contribution in [3.05, 3.63) is 35.9 Å². The van der Waals surface area contributed by atoms with Gasteiger partial charge in [-0.3, -0.25) is 4.79 Å². The molecule has 2 saturated heterocycles. The van der Waals surface area contributed by atoms with E-state index in [9.17, 15) is 9.59 Å². The average Bonchev–Trinajstić information content (AvgIpc) is 3.34. The molecule has 2 N–H and O–H groups in total. The molecule has 1 aromatic carbocycles. The molecule has 2 aliphatic rings. The second-order valence-corrected chi connectivity index (χ2v) is 7.34. The minimum absolute atomic E-state index is 0.0643. The molecule has 0 saturated carbocycles. The van der Waals surface area contributed by atoms with E-state index in [-0.39, 0.29) is 18.0 Å². The Morgan fingerprint density at radius 3 is 2.73 bits per heavy atom. The van der Waals surface area contributed by atoms with Gasteiger partial charge in [-0.15, -0.1) is 0 Å². The largest absolute Gasteiger partial charge is 0.357 e. The summed E-state index contributed by atoms with van der Waals surface area (Å²) in [5, 5.41) is 5.71. The number of nitrogens with one attached hydrogen (secondary N) is 2. The van der Waals surface area contributed by atoms with E-state index < -0.39 is 0 Å². The summed E-state index contributed by atoms with van der Waals surface area (Å²) in [5.74, 6) is 0.432. The number of hydrogen-bond acceptors (Lipinski definition) is 3. The monoisotopic (exact) mass is 358 g/mol. The van der Waals surface area contributed by atoms with E-state index in [0.717, 1.165) is 45.3 Å². The van der Waals surface area contributed by atoms with Crippen LogP contribution < -0.4 is 10.6 Å². The van der Waals surface area contributed by atoms with Crippen LogP contribution in [0.4, 0.5) is 4.79 Å². The van der Waals surface area contributed by atoms with Gasteiger partial charge in [-0.05, 0) is 43.7 Å². The molecule has 0 spiro atoms. The van der Waals surface area contributed by atoms with Gasteiger partial charge in [0.1, 0.15) is 6.04 Å². The van der Waals surface area contributed by atoms with Crippen LogP contribution in [-0.2, 0) is 11.2 Å². The molecule has 6 nitrogen and oxygen atoms in total. The predicted octanol–water partition coefficient (Wildman–Crippen LogP) is 1.47. The molecule has 0 bridgehead atoms. The van der Waals surface area contributed by atoms with Crippen LogP contribution in [0.15, 0.2) is 30.3 Å². The van der Waals surface area contributed by atoms with Crippen molar-refractivity contribution in [2.45, 2.75) is 31.7 Å². The van der Waals surface area contributed by atoms with Gasteiger partial charge in [0, 0.05) is 33.2 Å². The van der Waals surface area contributed by atoms with Crippen LogP contribution >= 0.6 is 0 Å². The molecule has 2 heterocycles. The summed E-state index contributed by atoms with van der Waals surface area (Å²) < 4.78 is 0. The molecule has 3 amide bonds. The van der Waals surface area contributed by atoms with E-state index in [2.05, 4.69) is 39.8 Å². The SMILES string of the molecule is CNC(=O)C1CCCN1C(=O)NCC1CCN(CCc2ccccc2)C1. The Balaban J connectivity index is 1.39. The predicted molar refractivity (Wildman–Crippen MR) is 102 cm³/mol. The lowest BCUT2D eigenvalue weighted by atomic mass is 10.1. The van der Waals surface area contributed by atoms with Crippen molar-refractivity contribution in [1.29, 1.82) is 0 Å². The zero-order chi connectivity index (χ0) is 18.4. The molecule has 2 atom stereocenters. The standard InChI is InChI=1S/C20H30N4O2/c1-21-19(25)18-8-5-11-24(18)20(26)22-14-17-10-13-23(15-17)12-9-16-6-3-2-4-7-16/h2-4,6-7,17-18H,5,8-15H2,1H3,(H,21,25)(H,22,26). The molecule has 3 rings (SSSR count). The maximum Gasteiger partial charge on any atom is 0.318 e. The molecule has 2 fully saturated rings. The van der Waals surface area contributed by atoms with Crippen molar-refractivity contribution in [2.24, 2.45) is 5.92 Å². The number of likely N-dealkylation sites (tertiary alicyclic amines) is 2. The van der Waals surface area contributed by atoms with Crippen molar-refractivity contribution >= 4 is 11.9 Å². The summed E-state index contributed by atoms with van der Waals surface area (Å²) in [6.45, 7) is 4.55. The Bertz CT molecular complexity index is 607. The van der Waals surface area contributed by atoms with Gasteiger partial charge in [-0.1, -0.05) is 30.3 Å². The second-order valence-electron chi connectivity index (χ2n) is 7.34. The Morgan fingerprint density at radius 1 is 1.15 bits per heavy atom. The van der Waals surface area contributed by atoms with Crippen LogP contribution in [0.25, 0.3) is 0 Å². The quantitative estimate of drug-likeness (QED) is 0.809. The van der Waals surface area contributed by atoms with Crippen LogP contribution in [0.3, 0.4) is 0 Å². The highest BCUT2D eigenvalue weighted by atomic mass is 16.2. The molecule has 142 valence electrons. The highest BCUT2D eigenvalue weighted by Gasteiger charge is 2.34. The summed E-state index contributed by atoms with van der Waals surface area (Å²) in [6.07, 6.45) is 3.83. The molecule has 2 aliphatic heterocycles. The number of likely N-dealkylation sites (N-methyl/N-ethyl adjacent to an activating group) is 1. The third kappa shape index (κ3) is 4.75. The Morgan fingerprint density at radius 2 is 1.96 bits per heavy atom. The van der Waals surface area contributed by atoms with Crippen LogP contribution in [0.1, 0.15) is 24.8 Å². The van der Waals surface area contributed by atoms with Gasteiger partial charge in [0.15, 0.2) is 0 Å². The van der Waals surface area contributed by atoms with Crippen molar-refractivity contribution < 1.29 is 9.59 Å². The zero-order valence-corrected chi connectivity index (χ0v) is 15.6.